The molecule has 0 aromatic heterocycles. The van der Waals surface area contributed by atoms with Gasteiger partial charge in [0, 0.05) is 12.6 Å². The van der Waals surface area contributed by atoms with Crippen LogP contribution < -0.4 is 5.32 Å². The summed E-state index contributed by atoms with van der Waals surface area (Å²) in [6, 6.07) is -0.583. The van der Waals surface area contributed by atoms with Gasteiger partial charge in [-0.1, -0.05) is 6.92 Å². The van der Waals surface area contributed by atoms with Crippen molar-refractivity contribution in [1.29, 1.82) is 0 Å². The maximum Gasteiger partial charge on any atom is 0.326 e. The van der Waals surface area contributed by atoms with E-state index in [1.807, 2.05) is 6.92 Å². The molecule has 2 rings (SSSR count). The van der Waals surface area contributed by atoms with Crippen LogP contribution in [0.25, 0.3) is 0 Å². The lowest BCUT2D eigenvalue weighted by Crippen LogP contribution is -2.48. The molecule has 1 saturated heterocycles. The van der Waals surface area contributed by atoms with Crippen molar-refractivity contribution in [3.63, 3.8) is 0 Å². The van der Waals surface area contributed by atoms with E-state index in [1.54, 1.807) is 0 Å². The van der Waals surface area contributed by atoms with Gasteiger partial charge in [-0.25, -0.2) is 9.59 Å². The molecule has 2 amide bonds. The molecule has 0 bridgehead atoms. The number of carboxylic acid groups (broad SMARTS) is 1. The third-order valence-corrected chi connectivity index (χ3v) is 3.12. The van der Waals surface area contributed by atoms with Crippen molar-refractivity contribution < 1.29 is 14.7 Å². The molecule has 15 heavy (non-hydrogen) atoms. The zero-order chi connectivity index (χ0) is 11.0. The van der Waals surface area contributed by atoms with Gasteiger partial charge in [0.05, 0.1) is 0 Å². The van der Waals surface area contributed by atoms with E-state index in [9.17, 15) is 9.59 Å². The topological polar surface area (TPSA) is 69.6 Å². The van der Waals surface area contributed by atoms with Crippen LogP contribution in [0.3, 0.4) is 0 Å². The summed E-state index contributed by atoms with van der Waals surface area (Å²) < 4.78 is 0. The number of nitrogens with one attached hydrogen (secondary N) is 1. The molecule has 0 radical (unpaired) electrons. The summed E-state index contributed by atoms with van der Waals surface area (Å²) in [5.41, 5.74) is 0. The standard InChI is InChI=1S/C10H16N2O3/c1-6-4-5-12(8(6)9(13)14)10(15)11-7-2-3-7/h6-8H,2-5H2,1H3,(H,11,15)(H,13,14). The highest BCUT2D eigenvalue weighted by Gasteiger charge is 2.40. The van der Waals surface area contributed by atoms with Gasteiger partial charge < -0.3 is 15.3 Å². The van der Waals surface area contributed by atoms with E-state index in [1.165, 1.54) is 4.90 Å². The summed E-state index contributed by atoms with van der Waals surface area (Å²) in [6.07, 6.45) is 2.81. The van der Waals surface area contributed by atoms with Crippen LogP contribution in [-0.4, -0.2) is 40.6 Å². The van der Waals surface area contributed by atoms with Gasteiger partial charge in [0.1, 0.15) is 6.04 Å². The molecular weight excluding hydrogens is 196 g/mol. The molecule has 84 valence electrons. The van der Waals surface area contributed by atoms with Crippen molar-refractivity contribution in [1.82, 2.24) is 10.2 Å². The van der Waals surface area contributed by atoms with E-state index < -0.39 is 12.0 Å². The third kappa shape index (κ3) is 2.06. The Kier molecular flexibility index (Phi) is 2.54. The number of carbonyl (C=O) groups excluding carboxylic acids is 1. The molecular formula is C10H16N2O3. The van der Waals surface area contributed by atoms with Gasteiger partial charge in [0.25, 0.3) is 0 Å². The zero-order valence-electron chi connectivity index (χ0n) is 8.77. The van der Waals surface area contributed by atoms with Crippen LogP contribution in [0.15, 0.2) is 0 Å². The van der Waals surface area contributed by atoms with Crippen molar-refractivity contribution in [2.24, 2.45) is 5.92 Å². The van der Waals surface area contributed by atoms with Gasteiger partial charge >= 0.3 is 12.0 Å². The van der Waals surface area contributed by atoms with E-state index in [0.29, 0.717) is 6.54 Å². The van der Waals surface area contributed by atoms with E-state index >= 15 is 0 Å². The number of carboxylic acids is 1. The SMILES string of the molecule is CC1CCN(C(=O)NC2CC2)C1C(=O)O. The van der Waals surface area contributed by atoms with Gasteiger partial charge in [0.15, 0.2) is 0 Å². The second-order valence-corrected chi connectivity index (χ2v) is 4.47. The number of hydrogen-bond acceptors (Lipinski definition) is 2. The predicted octanol–water partition coefficient (Wildman–Crippen LogP) is 0.653. The smallest absolute Gasteiger partial charge is 0.326 e. The highest BCUT2D eigenvalue weighted by atomic mass is 16.4. The maximum atomic E-state index is 11.7. The molecule has 5 heteroatoms. The summed E-state index contributed by atoms with van der Waals surface area (Å²) in [5.74, 6) is -0.849. The summed E-state index contributed by atoms with van der Waals surface area (Å²) in [7, 11) is 0. The molecule has 2 N–H and O–H groups in total. The number of likely N-dealkylation sites (tertiary alicyclic amines) is 1. The number of urea groups is 1. The second-order valence-electron chi connectivity index (χ2n) is 4.47. The molecule has 1 aliphatic heterocycles. The quantitative estimate of drug-likeness (QED) is 0.706. The highest BCUT2D eigenvalue weighted by molar-refractivity contribution is 5.83. The lowest BCUT2D eigenvalue weighted by atomic mass is 10.0. The monoisotopic (exact) mass is 212 g/mol. The molecule has 2 atom stereocenters. The minimum absolute atomic E-state index is 0.0486. The first-order valence-corrected chi connectivity index (χ1v) is 5.39. The average Bonchev–Trinajstić information content (AvgIpc) is 2.86. The number of amides is 2. The fourth-order valence-electron chi connectivity index (χ4n) is 2.04. The average molecular weight is 212 g/mol. The van der Waals surface area contributed by atoms with Crippen molar-refractivity contribution in [2.45, 2.75) is 38.3 Å². The molecule has 1 aliphatic carbocycles. The lowest BCUT2D eigenvalue weighted by molar-refractivity contribution is -0.142. The summed E-state index contributed by atoms with van der Waals surface area (Å²) in [6.45, 7) is 2.43. The molecule has 1 saturated carbocycles. The Morgan fingerprint density at radius 3 is 2.53 bits per heavy atom. The Hall–Kier alpha value is -1.26. The fraction of sp³-hybridized carbons (Fsp3) is 0.800. The van der Waals surface area contributed by atoms with Gasteiger partial charge in [-0.3, -0.25) is 0 Å². The van der Waals surface area contributed by atoms with Crippen LogP contribution >= 0.6 is 0 Å². The van der Waals surface area contributed by atoms with Gasteiger partial charge in [-0.05, 0) is 25.2 Å². The van der Waals surface area contributed by atoms with E-state index in [2.05, 4.69) is 5.32 Å². The van der Waals surface area contributed by atoms with Crippen molar-refractivity contribution >= 4 is 12.0 Å². The fourth-order valence-corrected chi connectivity index (χ4v) is 2.04. The predicted molar refractivity (Wildman–Crippen MR) is 53.5 cm³/mol. The Labute approximate surface area is 88.4 Å². The number of carbonyl (C=O) groups is 2. The Balaban J connectivity index is 2.00. The third-order valence-electron chi connectivity index (χ3n) is 3.12. The summed E-state index contributed by atoms with van der Waals surface area (Å²) in [5, 5.41) is 11.9. The highest BCUT2D eigenvalue weighted by Crippen LogP contribution is 2.25. The van der Waals surface area contributed by atoms with Crippen molar-refractivity contribution in [3.8, 4) is 0 Å². The van der Waals surface area contributed by atoms with Crippen LogP contribution in [0.1, 0.15) is 26.2 Å². The molecule has 5 nitrogen and oxygen atoms in total. The molecule has 0 aromatic rings. The largest absolute Gasteiger partial charge is 0.480 e. The Morgan fingerprint density at radius 1 is 1.33 bits per heavy atom. The first kappa shape index (κ1) is 10.3. The first-order chi connectivity index (χ1) is 7.09. The first-order valence-electron chi connectivity index (χ1n) is 5.39. The molecule has 2 unspecified atom stereocenters. The second kappa shape index (κ2) is 3.72. The molecule has 2 aliphatic rings. The molecule has 0 aromatic carbocycles. The Bertz CT molecular complexity index is 288. The molecule has 1 heterocycles. The van der Waals surface area contributed by atoms with Gasteiger partial charge in [-0.15, -0.1) is 0 Å². The lowest BCUT2D eigenvalue weighted by Gasteiger charge is -2.23. The van der Waals surface area contributed by atoms with Crippen molar-refractivity contribution in [3.05, 3.63) is 0 Å². The van der Waals surface area contributed by atoms with Crippen LogP contribution in [0.2, 0.25) is 0 Å². The van der Waals surface area contributed by atoms with Crippen molar-refractivity contribution in [2.75, 3.05) is 6.54 Å². The Morgan fingerprint density at radius 2 is 2.00 bits per heavy atom. The van der Waals surface area contributed by atoms with E-state index in [4.69, 9.17) is 5.11 Å². The minimum atomic E-state index is -0.897. The van der Waals surface area contributed by atoms with Gasteiger partial charge in [0.2, 0.25) is 0 Å². The number of aliphatic carboxylic acids is 1. The normalized spacial score (nSPS) is 30.3. The zero-order valence-corrected chi connectivity index (χ0v) is 8.77. The van der Waals surface area contributed by atoms with Crippen LogP contribution in [0.4, 0.5) is 4.79 Å². The summed E-state index contributed by atoms with van der Waals surface area (Å²) in [4.78, 5) is 24.2. The number of hydrogen-bond donors (Lipinski definition) is 2. The van der Waals surface area contributed by atoms with Gasteiger partial charge in [-0.2, -0.15) is 0 Å². The minimum Gasteiger partial charge on any atom is -0.480 e. The van der Waals surface area contributed by atoms with Crippen LogP contribution in [-0.2, 0) is 4.79 Å². The van der Waals surface area contributed by atoms with E-state index in [0.717, 1.165) is 19.3 Å². The number of nitrogens with zero attached hydrogens (tertiary/aromatic N) is 1. The van der Waals surface area contributed by atoms with E-state index in [-0.39, 0.29) is 18.0 Å². The number of rotatable bonds is 2. The maximum absolute atomic E-state index is 11.7. The molecule has 2 fully saturated rings. The molecule has 0 spiro atoms. The summed E-state index contributed by atoms with van der Waals surface area (Å²) >= 11 is 0. The van der Waals surface area contributed by atoms with Crippen LogP contribution in [0.5, 0.6) is 0 Å². The van der Waals surface area contributed by atoms with Crippen LogP contribution in [0, 0.1) is 5.92 Å².